The number of β-amino-alcohol motifs (C(OH)–C–C–N with tert-alkyl or cyclic N) is 1. The largest absolute Gasteiger partial charge is 0.444 e. The van der Waals surface area contributed by atoms with Gasteiger partial charge in [0.2, 0.25) is 0 Å². The molecule has 1 aliphatic rings. The van der Waals surface area contributed by atoms with E-state index in [4.69, 9.17) is 4.74 Å². The fraction of sp³-hybridized carbons (Fsp3) is 0.467. The number of carbonyl (C=O) groups excluding carboxylic acids is 2. The highest BCUT2D eigenvalue weighted by atomic mass is 16.6. The van der Waals surface area contributed by atoms with Gasteiger partial charge in [-0.25, -0.2) is 4.79 Å². The van der Waals surface area contributed by atoms with E-state index in [9.17, 15) is 14.7 Å². The van der Waals surface area contributed by atoms with E-state index < -0.39 is 17.3 Å². The highest BCUT2D eigenvalue weighted by Gasteiger charge is 2.46. The lowest BCUT2D eigenvalue weighted by molar-refractivity contribution is -0.103. The second-order valence-electron chi connectivity index (χ2n) is 6.11. The Labute approximate surface area is 118 Å². The van der Waals surface area contributed by atoms with E-state index in [2.05, 4.69) is 0 Å². The molecule has 2 rings (SSSR count). The summed E-state index contributed by atoms with van der Waals surface area (Å²) in [6.07, 6.45) is 0.327. The van der Waals surface area contributed by atoms with Gasteiger partial charge in [0.1, 0.15) is 17.5 Å². The molecule has 1 aliphatic heterocycles. The van der Waals surface area contributed by atoms with Gasteiger partial charge in [0.05, 0.1) is 13.1 Å². The summed E-state index contributed by atoms with van der Waals surface area (Å²) in [7, 11) is 0. The van der Waals surface area contributed by atoms with Crippen LogP contribution in [0.1, 0.15) is 36.7 Å². The third-order valence-corrected chi connectivity index (χ3v) is 3.14. The molecule has 0 radical (unpaired) electrons. The van der Waals surface area contributed by atoms with Gasteiger partial charge in [0.25, 0.3) is 0 Å². The number of amides is 1. The molecule has 20 heavy (non-hydrogen) atoms. The summed E-state index contributed by atoms with van der Waals surface area (Å²) < 4.78 is 5.24. The number of rotatable bonds is 2. The first-order chi connectivity index (χ1) is 9.23. The first-order valence-electron chi connectivity index (χ1n) is 6.49. The standard InChI is InChI=1S/C15H19NO4/c1-14(2,3)20-13(18)16-9-15(19,10-16)12-6-4-11(8-17)5-7-12/h4-8,19H,9-10H2,1-3H3. The van der Waals surface area contributed by atoms with Gasteiger partial charge in [0, 0.05) is 5.56 Å². The molecular weight excluding hydrogens is 258 g/mol. The van der Waals surface area contributed by atoms with Crippen molar-refractivity contribution in [1.29, 1.82) is 0 Å². The van der Waals surface area contributed by atoms with Gasteiger partial charge in [-0.3, -0.25) is 4.79 Å². The molecule has 5 heteroatoms. The van der Waals surface area contributed by atoms with E-state index in [0.29, 0.717) is 11.1 Å². The smallest absolute Gasteiger partial charge is 0.410 e. The SMILES string of the molecule is CC(C)(C)OC(=O)N1CC(O)(c2ccc(C=O)cc2)C1. The number of nitrogens with zero attached hydrogens (tertiary/aromatic N) is 1. The summed E-state index contributed by atoms with van der Waals surface area (Å²) in [5.41, 5.74) is -0.349. The van der Waals surface area contributed by atoms with Crippen molar-refractivity contribution in [3.05, 3.63) is 35.4 Å². The van der Waals surface area contributed by atoms with Crippen LogP contribution in [0.2, 0.25) is 0 Å². The molecule has 0 bridgehead atoms. The number of aliphatic hydroxyl groups is 1. The Morgan fingerprint density at radius 1 is 1.30 bits per heavy atom. The van der Waals surface area contributed by atoms with Crippen LogP contribution in [0, 0.1) is 0 Å². The minimum atomic E-state index is -1.06. The average molecular weight is 277 g/mol. The van der Waals surface area contributed by atoms with Gasteiger partial charge in [0.15, 0.2) is 0 Å². The number of hydrogen-bond donors (Lipinski definition) is 1. The number of hydrogen-bond acceptors (Lipinski definition) is 4. The molecule has 1 heterocycles. The first-order valence-corrected chi connectivity index (χ1v) is 6.49. The molecule has 0 aliphatic carbocycles. The molecule has 1 aromatic carbocycles. The van der Waals surface area contributed by atoms with Crippen LogP contribution in [0.4, 0.5) is 4.79 Å². The summed E-state index contributed by atoms with van der Waals surface area (Å²) >= 11 is 0. The van der Waals surface area contributed by atoms with Crippen molar-refractivity contribution >= 4 is 12.4 Å². The van der Waals surface area contributed by atoms with E-state index >= 15 is 0 Å². The maximum atomic E-state index is 11.8. The predicted molar refractivity (Wildman–Crippen MR) is 73.5 cm³/mol. The lowest BCUT2D eigenvalue weighted by atomic mass is 9.86. The van der Waals surface area contributed by atoms with Crippen molar-refractivity contribution in [2.24, 2.45) is 0 Å². The van der Waals surface area contributed by atoms with Gasteiger partial charge in [-0.1, -0.05) is 24.3 Å². The van der Waals surface area contributed by atoms with Crippen molar-refractivity contribution in [3.63, 3.8) is 0 Å². The number of likely N-dealkylation sites (tertiary alicyclic amines) is 1. The first kappa shape index (κ1) is 14.5. The Kier molecular flexibility index (Phi) is 3.56. The maximum absolute atomic E-state index is 11.8. The van der Waals surface area contributed by atoms with Gasteiger partial charge in [-0.05, 0) is 26.3 Å². The minimum Gasteiger partial charge on any atom is -0.444 e. The quantitative estimate of drug-likeness (QED) is 0.839. The van der Waals surface area contributed by atoms with Crippen LogP contribution in [0.3, 0.4) is 0 Å². The van der Waals surface area contributed by atoms with Crippen LogP contribution in [-0.2, 0) is 10.3 Å². The zero-order valence-corrected chi connectivity index (χ0v) is 11.9. The van der Waals surface area contributed by atoms with Crippen molar-refractivity contribution in [2.45, 2.75) is 32.0 Å². The summed E-state index contributed by atoms with van der Waals surface area (Å²) in [5.74, 6) is 0. The van der Waals surface area contributed by atoms with E-state index in [0.717, 1.165) is 6.29 Å². The fourth-order valence-corrected chi connectivity index (χ4v) is 2.10. The van der Waals surface area contributed by atoms with E-state index in [-0.39, 0.29) is 13.1 Å². The van der Waals surface area contributed by atoms with E-state index in [1.165, 1.54) is 4.90 Å². The molecule has 5 nitrogen and oxygen atoms in total. The third-order valence-electron chi connectivity index (χ3n) is 3.14. The molecule has 1 amide bonds. The van der Waals surface area contributed by atoms with Gasteiger partial charge in [-0.2, -0.15) is 0 Å². The molecule has 0 aromatic heterocycles. The minimum absolute atomic E-state index is 0.197. The van der Waals surface area contributed by atoms with Crippen molar-refractivity contribution in [1.82, 2.24) is 4.90 Å². The molecule has 0 spiro atoms. The van der Waals surface area contributed by atoms with E-state index in [1.54, 1.807) is 45.0 Å². The molecule has 1 saturated heterocycles. The monoisotopic (exact) mass is 277 g/mol. The van der Waals surface area contributed by atoms with Crippen molar-refractivity contribution < 1.29 is 19.4 Å². The zero-order chi connectivity index (χ0) is 15.0. The topological polar surface area (TPSA) is 66.8 Å². The van der Waals surface area contributed by atoms with Gasteiger partial charge < -0.3 is 14.7 Å². The number of carbonyl (C=O) groups is 2. The Morgan fingerprint density at radius 2 is 1.85 bits per heavy atom. The van der Waals surface area contributed by atoms with Gasteiger partial charge >= 0.3 is 6.09 Å². The Morgan fingerprint density at radius 3 is 2.30 bits per heavy atom. The molecule has 0 saturated carbocycles. The second kappa shape index (κ2) is 4.90. The Hall–Kier alpha value is -1.88. The Balaban J connectivity index is 1.99. The van der Waals surface area contributed by atoms with Crippen LogP contribution in [0.5, 0.6) is 0 Å². The van der Waals surface area contributed by atoms with Crippen molar-refractivity contribution in [3.8, 4) is 0 Å². The molecule has 0 unspecified atom stereocenters. The molecule has 108 valence electrons. The number of benzene rings is 1. The molecule has 1 N–H and O–H groups in total. The molecule has 1 aromatic rings. The van der Waals surface area contributed by atoms with Crippen LogP contribution in [-0.4, -0.2) is 41.1 Å². The van der Waals surface area contributed by atoms with Crippen molar-refractivity contribution in [2.75, 3.05) is 13.1 Å². The highest BCUT2D eigenvalue weighted by Crippen LogP contribution is 2.32. The predicted octanol–water partition coefficient (Wildman–Crippen LogP) is 1.94. The third kappa shape index (κ3) is 2.99. The fourth-order valence-electron chi connectivity index (χ4n) is 2.10. The Bertz CT molecular complexity index is 510. The lowest BCUT2D eigenvalue weighted by Crippen LogP contribution is -2.61. The van der Waals surface area contributed by atoms with Crippen LogP contribution < -0.4 is 0 Å². The molecule has 0 atom stereocenters. The lowest BCUT2D eigenvalue weighted by Gasteiger charge is -2.46. The summed E-state index contributed by atoms with van der Waals surface area (Å²) in [5, 5.41) is 10.4. The number of aldehydes is 1. The van der Waals surface area contributed by atoms with Crippen LogP contribution >= 0.6 is 0 Å². The average Bonchev–Trinajstić information content (AvgIpc) is 2.33. The van der Waals surface area contributed by atoms with Crippen LogP contribution in [0.15, 0.2) is 24.3 Å². The van der Waals surface area contributed by atoms with E-state index in [1.807, 2.05) is 0 Å². The van der Waals surface area contributed by atoms with Gasteiger partial charge in [-0.15, -0.1) is 0 Å². The summed E-state index contributed by atoms with van der Waals surface area (Å²) in [4.78, 5) is 23.9. The van der Waals surface area contributed by atoms with Crippen LogP contribution in [0.25, 0.3) is 0 Å². The normalized spacial score (nSPS) is 17.3. The maximum Gasteiger partial charge on any atom is 0.410 e. The summed E-state index contributed by atoms with van der Waals surface area (Å²) in [6, 6.07) is 6.71. The number of ether oxygens (including phenoxy) is 1. The highest BCUT2D eigenvalue weighted by molar-refractivity contribution is 5.75. The zero-order valence-electron chi connectivity index (χ0n) is 11.9. The molecule has 1 fully saturated rings. The molecular formula is C15H19NO4. The summed E-state index contributed by atoms with van der Waals surface area (Å²) in [6.45, 7) is 5.80. The second-order valence-corrected chi connectivity index (χ2v) is 6.11.